The van der Waals surface area contributed by atoms with Crippen molar-refractivity contribution in [3.63, 3.8) is 0 Å². The maximum absolute atomic E-state index is 12.6. The molecule has 3 heterocycles. The molecular weight excluding hydrogens is 328 g/mol. The molecule has 3 aromatic rings. The summed E-state index contributed by atoms with van der Waals surface area (Å²) in [6, 6.07) is 7.33. The molecule has 7 heteroatoms. The molecule has 2 aromatic heterocycles. The zero-order chi connectivity index (χ0) is 18.1. The molecule has 1 aromatic carbocycles. The third kappa shape index (κ3) is 2.69. The van der Waals surface area contributed by atoms with Gasteiger partial charge in [0.15, 0.2) is 5.65 Å². The standard InChI is InChI=1S/C19H18N6O/c1-2-3-4-7-25-10-14-17(21-11-22-18(14)24-25)16-13-8-12(9-20)5-6-15(13)23-19(16)26/h5-6,8,10-11,16H,2-4,7H2,1H3,(H,23,26). The van der Waals surface area contributed by atoms with Crippen LogP contribution in [0, 0.1) is 11.3 Å². The van der Waals surface area contributed by atoms with Gasteiger partial charge in [-0.05, 0) is 30.2 Å². The summed E-state index contributed by atoms with van der Waals surface area (Å²) in [5, 5.41) is 17.3. The number of hydrogen-bond acceptors (Lipinski definition) is 5. The van der Waals surface area contributed by atoms with Gasteiger partial charge in [0.25, 0.3) is 0 Å². The molecule has 4 rings (SSSR count). The smallest absolute Gasteiger partial charge is 0.238 e. The van der Waals surface area contributed by atoms with E-state index in [0.29, 0.717) is 16.9 Å². The molecule has 0 saturated carbocycles. The Labute approximate surface area is 150 Å². The highest BCUT2D eigenvalue weighted by Gasteiger charge is 2.35. The fourth-order valence-corrected chi connectivity index (χ4v) is 3.37. The molecule has 1 amide bonds. The number of nitriles is 1. The average molecular weight is 346 g/mol. The second-order valence-corrected chi connectivity index (χ2v) is 6.43. The van der Waals surface area contributed by atoms with E-state index in [1.807, 2.05) is 10.9 Å². The van der Waals surface area contributed by atoms with Crippen molar-refractivity contribution in [2.45, 2.75) is 38.6 Å². The molecule has 26 heavy (non-hydrogen) atoms. The molecule has 7 nitrogen and oxygen atoms in total. The minimum absolute atomic E-state index is 0.145. The Morgan fingerprint density at radius 3 is 3.00 bits per heavy atom. The number of amides is 1. The van der Waals surface area contributed by atoms with E-state index >= 15 is 0 Å². The first-order valence-corrected chi connectivity index (χ1v) is 8.74. The summed E-state index contributed by atoms with van der Waals surface area (Å²) >= 11 is 0. The molecule has 1 unspecified atom stereocenters. The van der Waals surface area contributed by atoms with Gasteiger partial charge < -0.3 is 5.32 Å². The van der Waals surface area contributed by atoms with Gasteiger partial charge in [0.1, 0.15) is 12.2 Å². The largest absolute Gasteiger partial charge is 0.325 e. The Bertz CT molecular complexity index is 1030. The molecule has 0 aliphatic carbocycles. The number of nitrogens with one attached hydrogen (secondary N) is 1. The van der Waals surface area contributed by atoms with Crippen LogP contribution in [0.4, 0.5) is 5.69 Å². The molecule has 0 fully saturated rings. The van der Waals surface area contributed by atoms with Crippen LogP contribution < -0.4 is 5.32 Å². The fraction of sp³-hybridized carbons (Fsp3) is 0.316. The number of aryl methyl sites for hydroxylation is 1. The maximum atomic E-state index is 12.6. The maximum Gasteiger partial charge on any atom is 0.238 e. The van der Waals surface area contributed by atoms with E-state index in [9.17, 15) is 10.1 Å². The lowest BCUT2D eigenvalue weighted by atomic mass is 9.94. The number of aromatic nitrogens is 4. The second-order valence-electron chi connectivity index (χ2n) is 6.43. The van der Waals surface area contributed by atoms with E-state index in [4.69, 9.17) is 0 Å². The van der Waals surface area contributed by atoms with Gasteiger partial charge in [-0.3, -0.25) is 9.48 Å². The first kappa shape index (κ1) is 16.2. The van der Waals surface area contributed by atoms with Crippen molar-refractivity contribution in [3.05, 3.63) is 47.5 Å². The van der Waals surface area contributed by atoms with Crippen molar-refractivity contribution in [3.8, 4) is 6.07 Å². The summed E-state index contributed by atoms with van der Waals surface area (Å²) in [5.74, 6) is -0.703. The number of fused-ring (bicyclic) bond motifs is 2. The van der Waals surface area contributed by atoms with Crippen LogP contribution in [0.3, 0.4) is 0 Å². The van der Waals surface area contributed by atoms with Crippen LogP contribution in [0.25, 0.3) is 11.0 Å². The number of rotatable bonds is 5. The summed E-state index contributed by atoms with van der Waals surface area (Å²) in [6.45, 7) is 2.98. The monoisotopic (exact) mass is 346 g/mol. The fourth-order valence-electron chi connectivity index (χ4n) is 3.37. The first-order valence-electron chi connectivity index (χ1n) is 8.74. The summed E-state index contributed by atoms with van der Waals surface area (Å²) in [5.41, 5.74) is 3.23. The van der Waals surface area contributed by atoms with Crippen molar-refractivity contribution < 1.29 is 4.79 Å². The summed E-state index contributed by atoms with van der Waals surface area (Å²) < 4.78 is 1.87. The number of carbonyl (C=O) groups excluding carboxylic acids is 1. The average Bonchev–Trinajstić information content (AvgIpc) is 3.21. The Morgan fingerprint density at radius 1 is 1.31 bits per heavy atom. The SMILES string of the molecule is CCCCCn1cc2c(C3C(=O)Nc4ccc(C#N)cc43)ncnc2n1. The molecule has 1 N–H and O–H groups in total. The van der Waals surface area contributed by atoms with Crippen molar-refractivity contribution in [2.24, 2.45) is 0 Å². The highest BCUT2D eigenvalue weighted by Crippen LogP contribution is 2.38. The van der Waals surface area contributed by atoms with Crippen LogP contribution in [0.5, 0.6) is 0 Å². The van der Waals surface area contributed by atoms with Gasteiger partial charge in [0, 0.05) is 18.4 Å². The minimum atomic E-state index is -0.558. The van der Waals surface area contributed by atoms with Gasteiger partial charge in [-0.1, -0.05) is 19.8 Å². The van der Waals surface area contributed by atoms with Gasteiger partial charge in [-0.15, -0.1) is 0 Å². The molecule has 1 atom stereocenters. The number of carbonyl (C=O) groups is 1. The second kappa shape index (κ2) is 6.56. The highest BCUT2D eigenvalue weighted by atomic mass is 16.2. The van der Waals surface area contributed by atoms with Crippen LogP contribution in [0.15, 0.2) is 30.7 Å². The summed E-state index contributed by atoms with van der Waals surface area (Å²) in [6.07, 6.45) is 6.70. The van der Waals surface area contributed by atoms with Crippen LogP contribution >= 0.6 is 0 Å². The van der Waals surface area contributed by atoms with E-state index in [0.717, 1.165) is 42.4 Å². The van der Waals surface area contributed by atoms with Crippen LogP contribution in [0.1, 0.15) is 48.9 Å². The molecule has 0 radical (unpaired) electrons. The lowest BCUT2D eigenvalue weighted by Gasteiger charge is -2.09. The van der Waals surface area contributed by atoms with Crippen LogP contribution in [0.2, 0.25) is 0 Å². The normalized spacial score (nSPS) is 15.7. The molecule has 1 aliphatic heterocycles. The van der Waals surface area contributed by atoms with Gasteiger partial charge in [-0.25, -0.2) is 9.97 Å². The third-order valence-electron chi connectivity index (χ3n) is 4.67. The quantitative estimate of drug-likeness (QED) is 0.716. The Hall–Kier alpha value is -3.27. The molecular formula is C19H18N6O. The van der Waals surface area contributed by atoms with Crippen molar-refractivity contribution in [1.82, 2.24) is 19.7 Å². The van der Waals surface area contributed by atoms with E-state index < -0.39 is 5.92 Å². The van der Waals surface area contributed by atoms with E-state index in [1.165, 1.54) is 6.33 Å². The van der Waals surface area contributed by atoms with Crippen molar-refractivity contribution >= 4 is 22.6 Å². The summed E-state index contributed by atoms with van der Waals surface area (Å²) in [4.78, 5) is 21.3. The molecule has 0 spiro atoms. The van der Waals surface area contributed by atoms with E-state index in [2.05, 4.69) is 33.4 Å². The Kier molecular flexibility index (Phi) is 4.09. The van der Waals surface area contributed by atoms with Gasteiger partial charge in [-0.2, -0.15) is 10.4 Å². The van der Waals surface area contributed by atoms with Gasteiger partial charge in [0.2, 0.25) is 5.91 Å². The number of anilines is 1. The highest BCUT2D eigenvalue weighted by molar-refractivity contribution is 6.06. The topological polar surface area (TPSA) is 96.5 Å². The zero-order valence-corrected chi connectivity index (χ0v) is 14.4. The number of unbranched alkanes of at least 4 members (excludes halogenated alkanes) is 2. The lowest BCUT2D eigenvalue weighted by molar-refractivity contribution is -0.116. The Morgan fingerprint density at radius 2 is 2.19 bits per heavy atom. The van der Waals surface area contributed by atoms with Crippen LogP contribution in [-0.4, -0.2) is 25.7 Å². The lowest BCUT2D eigenvalue weighted by Crippen LogP contribution is -2.14. The molecule has 1 aliphatic rings. The predicted molar refractivity (Wildman–Crippen MR) is 96.5 cm³/mol. The number of benzene rings is 1. The van der Waals surface area contributed by atoms with E-state index in [-0.39, 0.29) is 5.91 Å². The van der Waals surface area contributed by atoms with Crippen LogP contribution in [-0.2, 0) is 11.3 Å². The predicted octanol–water partition coefficient (Wildman–Crippen LogP) is 2.97. The van der Waals surface area contributed by atoms with Gasteiger partial charge >= 0.3 is 0 Å². The van der Waals surface area contributed by atoms with Gasteiger partial charge in [0.05, 0.1) is 22.7 Å². The van der Waals surface area contributed by atoms with Crippen molar-refractivity contribution in [1.29, 1.82) is 5.26 Å². The summed E-state index contributed by atoms with van der Waals surface area (Å²) in [7, 11) is 0. The first-order chi connectivity index (χ1) is 12.7. The number of nitrogens with zero attached hydrogens (tertiary/aromatic N) is 5. The zero-order valence-electron chi connectivity index (χ0n) is 14.4. The van der Waals surface area contributed by atoms with Crippen molar-refractivity contribution in [2.75, 3.05) is 5.32 Å². The van der Waals surface area contributed by atoms with E-state index in [1.54, 1.807) is 18.2 Å². The Balaban J connectivity index is 1.78. The molecule has 130 valence electrons. The molecule has 0 saturated heterocycles. The number of hydrogen-bond donors (Lipinski definition) is 1. The third-order valence-corrected chi connectivity index (χ3v) is 4.67. The molecule has 0 bridgehead atoms. The minimum Gasteiger partial charge on any atom is -0.325 e.